The number of aryl methyl sites for hydroxylation is 1. The molecular formula is C18H28. The molecule has 0 aromatic heterocycles. The van der Waals surface area contributed by atoms with E-state index in [4.69, 9.17) is 0 Å². The number of benzene rings is 1. The average Bonchev–Trinajstić information content (AvgIpc) is 2.42. The van der Waals surface area contributed by atoms with Gasteiger partial charge in [0.2, 0.25) is 0 Å². The third-order valence-electron chi connectivity index (χ3n) is 5.04. The van der Waals surface area contributed by atoms with E-state index in [1.165, 1.54) is 44.1 Å². The van der Waals surface area contributed by atoms with Crippen molar-refractivity contribution in [3.63, 3.8) is 0 Å². The summed E-state index contributed by atoms with van der Waals surface area (Å²) >= 11 is 0. The second-order valence-electron chi connectivity index (χ2n) is 6.10. The second kappa shape index (κ2) is 6.41. The van der Waals surface area contributed by atoms with Gasteiger partial charge >= 0.3 is 0 Å². The smallest absolute Gasteiger partial charge is 0.0162 e. The van der Waals surface area contributed by atoms with Crippen LogP contribution in [-0.4, -0.2) is 0 Å². The highest BCUT2D eigenvalue weighted by Crippen LogP contribution is 2.40. The molecule has 18 heavy (non-hydrogen) atoms. The summed E-state index contributed by atoms with van der Waals surface area (Å²) in [6, 6.07) is 9.22. The molecule has 0 heterocycles. The minimum atomic E-state index is 0.830. The van der Waals surface area contributed by atoms with Crippen LogP contribution in [0.5, 0.6) is 0 Å². The Labute approximate surface area is 113 Å². The van der Waals surface area contributed by atoms with E-state index in [1.807, 2.05) is 0 Å². The Morgan fingerprint density at radius 2 is 1.50 bits per heavy atom. The van der Waals surface area contributed by atoms with Gasteiger partial charge in [0.05, 0.1) is 0 Å². The Kier molecular flexibility index (Phi) is 4.86. The van der Waals surface area contributed by atoms with Crippen LogP contribution in [-0.2, 0) is 0 Å². The molecule has 0 saturated heterocycles. The molecule has 1 aliphatic carbocycles. The first kappa shape index (κ1) is 13.6. The minimum Gasteiger partial charge on any atom is -0.0651 e. The van der Waals surface area contributed by atoms with Crippen molar-refractivity contribution in [2.24, 2.45) is 11.8 Å². The van der Waals surface area contributed by atoms with Crippen LogP contribution in [0, 0.1) is 18.8 Å². The van der Waals surface area contributed by atoms with Gasteiger partial charge in [0.1, 0.15) is 0 Å². The molecule has 1 fully saturated rings. The fraction of sp³-hybridized carbons (Fsp3) is 0.667. The molecule has 0 nitrogen and oxygen atoms in total. The van der Waals surface area contributed by atoms with Gasteiger partial charge in [0, 0.05) is 0 Å². The van der Waals surface area contributed by atoms with Crippen molar-refractivity contribution in [3.8, 4) is 0 Å². The van der Waals surface area contributed by atoms with Crippen molar-refractivity contribution in [1.29, 1.82) is 0 Å². The molecule has 1 aliphatic rings. The van der Waals surface area contributed by atoms with E-state index in [0.29, 0.717) is 0 Å². The van der Waals surface area contributed by atoms with Crippen molar-refractivity contribution in [3.05, 3.63) is 35.4 Å². The maximum atomic E-state index is 2.36. The first-order chi connectivity index (χ1) is 8.74. The quantitative estimate of drug-likeness (QED) is 0.637. The molecule has 100 valence electrons. The maximum Gasteiger partial charge on any atom is -0.0162 e. The van der Waals surface area contributed by atoms with E-state index >= 15 is 0 Å². The maximum absolute atomic E-state index is 2.36. The van der Waals surface area contributed by atoms with Gasteiger partial charge in [-0.15, -0.1) is 0 Å². The summed E-state index contributed by atoms with van der Waals surface area (Å²) in [5.41, 5.74) is 2.95. The van der Waals surface area contributed by atoms with E-state index in [9.17, 15) is 0 Å². The standard InChI is InChI=1S/C18H28/c1-4-15(5-2)16-10-12-18(13-11-16)17-8-6-14(3)7-9-17/h6-9,15-16,18H,4-5,10-13H2,1-3H3. The molecule has 0 N–H and O–H groups in total. The molecule has 0 spiro atoms. The minimum absolute atomic E-state index is 0.830. The van der Waals surface area contributed by atoms with Crippen LogP contribution in [0.4, 0.5) is 0 Å². The Bertz CT molecular complexity index is 337. The summed E-state index contributed by atoms with van der Waals surface area (Å²) in [6.45, 7) is 6.90. The van der Waals surface area contributed by atoms with Crippen LogP contribution >= 0.6 is 0 Å². The van der Waals surface area contributed by atoms with Crippen molar-refractivity contribution in [1.82, 2.24) is 0 Å². The zero-order valence-electron chi connectivity index (χ0n) is 12.3. The van der Waals surface area contributed by atoms with Gasteiger partial charge < -0.3 is 0 Å². The van der Waals surface area contributed by atoms with Gasteiger partial charge in [-0.2, -0.15) is 0 Å². The van der Waals surface area contributed by atoms with E-state index in [1.54, 1.807) is 5.56 Å². The Morgan fingerprint density at radius 3 is 2.00 bits per heavy atom. The Morgan fingerprint density at radius 1 is 0.944 bits per heavy atom. The first-order valence-electron chi connectivity index (χ1n) is 7.81. The molecule has 1 saturated carbocycles. The predicted molar refractivity (Wildman–Crippen MR) is 80.0 cm³/mol. The van der Waals surface area contributed by atoms with Crippen LogP contribution < -0.4 is 0 Å². The highest BCUT2D eigenvalue weighted by Gasteiger charge is 2.26. The summed E-state index contributed by atoms with van der Waals surface area (Å²) in [5, 5.41) is 0. The summed E-state index contributed by atoms with van der Waals surface area (Å²) < 4.78 is 0. The van der Waals surface area contributed by atoms with Gasteiger partial charge in [-0.05, 0) is 55.9 Å². The normalized spacial score (nSPS) is 24.4. The highest BCUT2D eigenvalue weighted by molar-refractivity contribution is 5.24. The van der Waals surface area contributed by atoms with Crippen molar-refractivity contribution < 1.29 is 0 Å². The third kappa shape index (κ3) is 3.16. The molecule has 0 aliphatic heterocycles. The van der Waals surface area contributed by atoms with Crippen molar-refractivity contribution in [2.75, 3.05) is 0 Å². The van der Waals surface area contributed by atoms with Crippen LogP contribution in [0.1, 0.15) is 69.4 Å². The molecule has 0 heteroatoms. The SMILES string of the molecule is CCC(CC)C1CCC(c2ccc(C)cc2)CC1. The summed E-state index contributed by atoms with van der Waals surface area (Å²) in [5.74, 6) is 2.81. The lowest BCUT2D eigenvalue weighted by molar-refractivity contribution is 0.221. The van der Waals surface area contributed by atoms with E-state index in [2.05, 4.69) is 45.0 Å². The Hall–Kier alpha value is -0.780. The summed E-state index contributed by atoms with van der Waals surface area (Å²) in [6.07, 6.45) is 8.46. The molecule has 0 bridgehead atoms. The van der Waals surface area contributed by atoms with Gasteiger partial charge in [0.15, 0.2) is 0 Å². The fourth-order valence-corrected chi connectivity index (χ4v) is 3.72. The van der Waals surface area contributed by atoms with Crippen LogP contribution in [0.25, 0.3) is 0 Å². The van der Waals surface area contributed by atoms with Gasteiger partial charge in [-0.25, -0.2) is 0 Å². The zero-order valence-corrected chi connectivity index (χ0v) is 12.3. The van der Waals surface area contributed by atoms with Gasteiger partial charge in [-0.1, -0.05) is 56.5 Å². The Balaban J connectivity index is 1.92. The van der Waals surface area contributed by atoms with Gasteiger partial charge in [0.25, 0.3) is 0 Å². The average molecular weight is 244 g/mol. The van der Waals surface area contributed by atoms with Crippen LogP contribution in [0.3, 0.4) is 0 Å². The molecular weight excluding hydrogens is 216 g/mol. The first-order valence-corrected chi connectivity index (χ1v) is 7.81. The van der Waals surface area contributed by atoms with Crippen molar-refractivity contribution >= 4 is 0 Å². The number of hydrogen-bond acceptors (Lipinski definition) is 0. The van der Waals surface area contributed by atoms with Crippen molar-refractivity contribution in [2.45, 2.75) is 65.2 Å². The molecule has 0 amide bonds. The second-order valence-corrected chi connectivity index (χ2v) is 6.10. The zero-order chi connectivity index (χ0) is 13.0. The summed E-state index contributed by atoms with van der Waals surface area (Å²) in [4.78, 5) is 0. The lowest BCUT2D eigenvalue weighted by Crippen LogP contribution is -2.20. The molecule has 1 aromatic carbocycles. The van der Waals surface area contributed by atoms with Crippen LogP contribution in [0.2, 0.25) is 0 Å². The molecule has 0 radical (unpaired) electrons. The third-order valence-corrected chi connectivity index (χ3v) is 5.04. The molecule has 2 rings (SSSR count). The number of rotatable bonds is 4. The monoisotopic (exact) mass is 244 g/mol. The summed E-state index contributed by atoms with van der Waals surface area (Å²) in [7, 11) is 0. The van der Waals surface area contributed by atoms with Gasteiger partial charge in [-0.3, -0.25) is 0 Å². The lowest BCUT2D eigenvalue weighted by atomic mass is 9.72. The largest absolute Gasteiger partial charge is 0.0651 e. The van der Waals surface area contributed by atoms with Crippen LogP contribution in [0.15, 0.2) is 24.3 Å². The number of hydrogen-bond donors (Lipinski definition) is 0. The van der Waals surface area contributed by atoms with E-state index in [0.717, 1.165) is 17.8 Å². The van der Waals surface area contributed by atoms with E-state index < -0.39 is 0 Å². The van der Waals surface area contributed by atoms with E-state index in [-0.39, 0.29) is 0 Å². The topological polar surface area (TPSA) is 0 Å². The molecule has 0 unspecified atom stereocenters. The molecule has 1 aromatic rings. The highest BCUT2D eigenvalue weighted by atomic mass is 14.3. The molecule has 0 atom stereocenters. The predicted octanol–water partition coefficient (Wildman–Crippen LogP) is 5.71. The fourth-order valence-electron chi connectivity index (χ4n) is 3.72. The lowest BCUT2D eigenvalue weighted by Gasteiger charge is -2.33.